The fourth-order valence-corrected chi connectivity index (χ4v) is 5.74. The van der Waals surface area contributed by atoms with E-state index in [0.717, 1.165) is 22.1 Å². The Morgan fingerprint density at radius 1 is 1.13 bits per heavy atom. The number of carbonyl (C=O) groups is 2. The second-order valence-corrected chi connectivity index (χ2v) is 9.91. The van der Waals surface area contributed by atoms with Crippen molar-refractivity contribution in [1.29, 1.82) is 0 Å². The summed E-state index contributed by atoms with van der Waals surface area (Å²) in [5.41, 5.74) is 3.65. The van der Waals surface area contributed by atoms with Gasteiger partial charge in [-0.3, -0.25) is 14.6 Å². The first-order valence-electron chi connectivity index (χ1n) is 13.0. The van der Waals surface area contributed by atoms with Crippen LogP contribution in [0.2, 0.25) is 0 Å². The van der Waals surface area contributed by atoms with Gasteiger partial charge < -0.3 is 24.6 Å². The molecule has 2 amide bonds. The zero-order valence-corrected chi connectivity index (χ0v) is 23.9. The monoisotopic (exact) mass is 549 g/mol. The van der Waals surface area contributed by atoms with Gasteiger partial charge in [-0.25, -0.2) is 4.99 Å². The summed E-state index contributed by atoms with van der Waals surface area (Å²) in [6, 6.07) is 10.8. The molecule has 3 heterocycles. The first kappa shape index (κ1) is 28.2. The van der Waals surface area contributed by atoms with Gasteiger partial charge in [0.1, 0.15) is 11.5 Å². The number of allylic oxidation sites excluding steroid dienone is 1. The van der Waals surface area contributed by atoms with Crippen LogP contribution in [0, 0.1) is 0 Å². The molecule has 0 fully saturated rings. The molecule has 1 atom stereocenters. The van der Waals surface area contributed by atoms with Gasteiger partial charge in [0.15, 0.2) is 5.17 Å². The highest BCUT2D eigenvalue weighted by molar-refractivity contribution is 8.16. The highest BCUT2D eigenvalue weighted by Crippen LogP contribution is 2.47. The number of ether oxygens (including phenoxy) is 2. The Morgan fingerprint density at radius 2 is 1.92 bits per heavy atom. The lowest BCUT2D eigenvalue weighted by atomic mass is 9.91. The Bertz CT molecular complexity index is 1300. The second-order valence-electron chi connectivity index (χ2n) is 9.08. The lowest BCUT2D eigenvalue weighted by Gasteiger charge is -2.38. The summed E-state index contributed by atoms with van der Waals surface area (Å²) in [5, 5.41) is 5.66. The summed E-state index contributed by atoms with van der Waals surface area (Å²) >= 11 is 1.45. The van der Waals surface area contributed by atoms with Crippen molar-refractivity contribution >= 4 is 28.7 Å². The van der Waals surface area contributed by atoms with E-state index >= 15 is 0 Å². The summed E-state index contributed by atoms with van der Waals surface area (Å²) in [4.78, 5) is 39.8. The number of carbonyl (C=O) groups excluding carboxylic acids is 2. The smallest absolute Gasteiger partial charge is 0.254 e. The largest absolute Gasteiger partial charge is 0.497 e. The van der Waals surface area contributed by atoms with Crippen LogP contribution in [0.1, 0.15) is 44.5 Å². The van der Waals surface area contributed by atoms with Gasteiger partial charge in [-0.2, -0.15) is 0 Å². The number of hydrogen-bond acceptors (Lipinski definition) is 8. The number of thioether (sulfide) groups is 1. The SMILES string of the molecule is CCN(CC)C(=O)C1=C(C)N=C2SC=C(CC(=O)NCCc3ccccn3)N2[C@@H]1c1cc(OC)ccc1OC. The molecule has 10 heteroatoms. The molecule has 1 aromatic heterocycles. The van der Waals surface area contributed by atoms with Gasteiger partial charge in [0.25, 0.3) is 5.91 Å². The Morgan fingerprint density at radius 3 is 2.59 bits per heavy atom. The number of nitrogens with zero attached hydrogens (tertiary/aromatic N) is 4. The summed E-state index contributed by atoms with van der Waals surface area (Å²) in [5.74, 6) is 1.06. The van der Waals surface area contributed by atoms with Gasteiger partial charge in [0, 0.05) is 49.2 Å². The predicted molar refractivity (Wildman–Crippen MR) is 153 cm³/mol. The van der Waals surface area contributed by atoms with Crippen molar-refractivity contribution in [3.05, 3.63) is 76.2 Å². The third-order valence-electron chi connectivity index (χ3n) is 6.78. The van der Waals surface area contributed by atoms with Crippen molar-refractivity contribution in [1.82, 2.24) is 20.1 Å². The topological polar surface area (TPSA) is 96.4 Å². The average molecular weight is 550 g/mol. The molecular formula is C29H35N5O4S. The third-order valence-corrected chi connectivity index (χ3v) is 7.67. The number of pyridine rings is 1. The number of amidine groups is 1. The maximum Gasteiger partial charge on any atom is 0.254 e. The highest BCUT2D eigenvalue weighted by atomic mass is 32.2. The van der Waals surface area contributed by atoms with E-state index < -0.39 is 6.04 Å². The number of aliphatic imine (C=N–C) groups is 1. The number of nitrogens with one attached hydrogen (secondary N) is 1. The molecule has 9 nitrogen and oxygen atoms in total. The van der Waals surface area contributed by atoms with E-state index in [1.807, 2.05) is 67.5 Å². The van der Waals surface area contributed by atoms with Crippen LogP contribution in [0.15, 0.2) is 70.0 Å². The molecule has 0 spiro atoms. The summed E-state index contributed by atoms with van der Waals surface area (Å²) < 4.78 is 11.3. The standard InChI is InChI=1S/C29H35N5O4S/c1-6-33(7-2)28(36)26-19(3)32-29-34(27(26)23-17-22(37-4)11-12-24(23)38-5)21(18-39-29)16-25(35)31-15-13-20-10-8-9-14-30-20/h8-12,14,17-18,27H,6-7,13,15-16H2,1-5H3,(H,31,35)/t27-/m1/s1. The lowest BCUT2D eigenvalue weighted by Crippen LogP contribution is -2.42. The van der Waals surface area contributed by atoms with Crippen LogP contribution in [-0.4, -0.2) is 65.6 Å². The van der Waals surface area contributed by atoms with E-state index in [0.29, 0.717) is 48.8 Å². The number of benzene rings is 1. The van der Waals surface area contributed by atoms with Crippen LogP contribution in [0.4, 0.5) is 0 Å². The van der Waals surface area contributed by atoms with Gasteiger partial charge in [-0.1, -0.05) is 17.8 Å². The van der Waals surface area contributed by atoms with Gasteiger partial charge in [-0.05, 0) is 56.5 Å². The molecule has 1 N–H and O–H groups in total. The molecule has 0 saturated carbocycles. The van der Waals surface area contributed by atoms with E-state index in [1.165, 1.54) is 11.8 Å². The van der Waals surface area contributed by atoms with Crippen LogP contribution in [0.5, 0.6) is 11.5 Å². The second kappa shape index (κ2) is 12.8. The van der Waals surface area contributed by atoms with Crippen molar-refractivity contribution in [3.63, 3.8) is 0 Å². The fraction of sp³-hybridized carbons (Fsp3) is 0.379. The van der Waals surface area contributed by atoms with Crippen molar-refractivity contribution in [2.24, 2.45) is 4.99 Å². The molecule has 1 aromatic carbocycles. The van der Waals surface area contributed by atoms with Crippen molar-refractivity contribution in [2.45, 2.75) is 39.7 Å². The summed E-state index contributed by atoms with van der Waals surface area (Å²) in [6.07, 6.45) is 2.53. The van der Waals surface area contributed by atoms with E-state index in [9.17, 15) is 9.59 Å². The van der Waals surface area contributed by atoms with E-state index in [-0.39, 0.29) is 18.2 Å². The number of methoxy groups -OCH3 is 2. The van der Waals surface area contributed by atoms with E-state index in [1.54, 1.807) is 25.3 Å². The van der Waals surface area contributed by atoms with Gasteiger partial charge in [0.05, 0.1) is 38.0 Å². The molecule has 2 aliphatic heterocycles. The Kier molecular flexibility index (Phi) is 9.29. The molecule has 0 aliphatic carbocycles. The highest BCUT2D eigenvalue weighted by Gasteiger charge is 2.42. The third kappa shape index (κ3) is 6.11. The van der Waals surface area contributed by atoms with Crippen LogP contribution in [-0.2, 0) is 16.0 Å². The molecule has 39 heavy (non-hydrogen) atoms. The van der Waals surface area contributed by atoms with Gasteiger partial charge in [-0.15, -0.1) is 0 Å². The van der Waals surface area contributed by atoms with Gasteiger partial charge in [0.2, 0.25) is 5.91 Å². The predicted octanol–water partition coefficient (Wildman–Crippen LogP) is 4.29. The number of aromatic nitrogens is 1. The Labute approximate surface area is 234 Å². The minimum Gasteiger partial charge on any atom is -0.497 e. The lowest BCUT2D eigenvalue weighted by molar-refractivity contribution is -0.127. The normalized spacial score (nSPS) is 16.3. The van der Waals surface area contributed by atoms with Crippen molar-refractivity contribution in [3.8, 4) is 11.5 Å². The van der Waals surface area contributed by atoms with Crippen molar-refractivity contribution < 1.29 is 19.1 Å². The van der Waals surface area contributed by atoms with Crippen LogP contribution >= 0.6 is 11.8 Å². The fourth-order valence-electron chi connectivity index (χ4n) is 4.77. The van der Waals surface area contributed by atoms with Crippen LogP contribution in [0.25, 0.3) is 0 Å². The summed E-state index contributed by atoms with van der Waals surface area (Å²) in [7, 11) is 3.21. The molecule has 2 aliphatic rings. The maximum atomic E-state index is 13.9. The number of likely N-dealkylation sites (N-methyl/N-ethyl adjacent to an activating group) is 1. The minimum atomic E-state index is -0.543. The van der Waals surface area contributed by atoms with Crippen LogP contribution in [0.3, 0.4) is 0 Å². The number of fused-ring (bicyclic) bond motifs is 1. The molecule has 0 radical (unpaired) electrons. The van der Waals surface area contributed by atoms with Crippen LogP contribution < -0.4 is 14.8 Å². The molecule has 0 saturated heterocycles. The molecular weight excluding hydrogens is 514 g/mol. The quantitative estimate of drug-likeness (QED) is 0.447. The van der Waals surface area contributed by atoms with E-state index in [2.05, 4.69) is 10.3 Å². The molecule has 2 aromatic rings. The number of hydrogen-bond donors (Lipinski definition) is 1. The number of amides is 2. The first-order valence-corrected chi connectivity index (χ1v) is 13.9. The zero-order chi connectivity index (χ0) is 27.9. The molecule has 0 bridgehead atoms. The summed E-state index contributed by atoms with van der Waals surface area (Å²) in [6.45, 7) is 7.41. The molecule has 206 valence electrons. The Balaban J connectivity index is 1.67. The van der Waals surface area contributed by atoms with E-state index in [4.69, 9.17) is 14.5 Å². The Hall–Kier alpha value is -3.79. The van der Waals surface area contributed by atoms with Gasteiger partial charge >= 0.3 is 0 Å². The first-order chi connectivity index (χ1) is 18.9. The van der Waals surface area contributed by atoms with Crippen molar-refractivity contribution in [2.75, 3.05) is 33.9 Å². The average Bonchev–Trinajstić information content (AvgIpc) is 3.34. The maximum absolute atomic E-state index is 13.9. The molecule has 0 unspecified atom stereocenters. The number of rotatable bonds is 11. The minimum absolute atomic E-state index is 0.0914. The zero-order valence-electron chi connectivity index (χ0n) is 23.1. The molecule has 4 rings (SSSR count).